The van der Waals surface area contributed by atoms with E-state index in [0.29, 0.717) is 16.7 Å². The van der Waals surface area contributed by atoms with E-state index in [0.717, 1.165) is 5.56 Å². The Balaban J connectivity index is 1.20. The van der Waals surface area contributed by atoms with Gasteiger partial charge in [-0.3, -0.25) is 4.79 Å². The van der Waals surface area contributed by atoms with Gasteiger partial charge in [-0.2, -0.15) is 0 Å². The Kier molecular flexibility index (Phi) is 12.6. The van der Waals surface area contributed by atoms with Crippen LogP contribution in [0.4, 0.5) is 0 Å². The highest BCUT2D eigenvalue weighted by Crippen LogP contribution is 2.19. The average Bonchev–Trinajstić information content (AvgIpc) is 3.08. The lowest BCUT2D eigenvalue weighted by molar-refractivity contribution is -0.139. The molecule has 0 saturated heterocycles. The molecular formula is C36H38N4O9. The molecule has 4 aromatic carbocycles. The van der Waals surface area contributed by atoms with Gasteiger partial charge >= 0.3 is 23.9 Å². The number of carbonyl (C=O) groups is 4. The van der Waals surface area contributed by atoms with Gasteiger partial charge in [0.05, 0.1) is 0 Å². The highest BCUT2D eigenvalue weighted by Gasteiger charge is 2.20. The standard InChI is InChI=1S/C36H38N4O9/c37-29(33(42)43)17-22-3-11-26(12-4-22)47-35(45)31(39)19-24-7-15-28(16-8-24)49-36(46)32(40)20-23-5-13-27(14-6-23)48-34(44)30(38)18-21-1-9-25(41)10-2-21/h1-16,29-32,41H,17-20,37-40H2,(H,42,43)/t29-,30-,31-,32-/m0/s1. The summed E-state index contributed by atoms with van der Waals surface area (Å²) < 4.78 is 16.1. The van der Waals surface area contributed by atoms with Crippen LogP contribution in [0.3, 0.4) is 0 Å². The van der Waals surface area contributed by atoms with E-state index in [4.69, 9.17) is 42.3 Å². The molecule has 0 aliphatic heterocycles. The second-order valence-electron chi connectivity index (χ2n) is 11.4. The molecule has 4 rings (SSSR count). The number of hydrogen-bond acceptors (Lipinski definition) is 12. The molecule has 0 spiro atoms. The molecule has 0 aliphatic carbocycles. The van der Waals surface area contributed by atoms with Crippen LogP contribution in [0.5, 0.6) is 23.0 Å². The molecule has 4 aromatic rings. The molecule has 0 aliphatic rings. The minimum absolute atomic E-state index is 0.118. The first-order valence-corrected chi connectivity index (χ1v) is 15.3. The Hall–Kier alpha value is -5.60. The van der Waals surface area contributed by atoms with Crippen molar-refractivity contribution in [3.05, 3.63) is 119 Å². The smallest absolute Gasteiger partial charge is 0.328 e. The Labute approximate surface area is 282 Å². The fraction of sp³-hybridized carbons (Fsp3) is 0.222. The van der Waals surface area contributed by atoms with Crippen molar-refractivity contribution in [3.63, 3.8) is 0 Å². The number of aromatic hydroxyl groups is 1. The van der Waals surface area contributed by atoms with Crippen LogP contribution < -0.4 is 37.1 Å². The minimum atomic E-state index is -1.11. The lowest BCUT2D eigenvalue weighted by Gasteiger charge is -2.14. The van der Waals surface area contributed by atoms with Crippen LogP contribution in [-0.2, 0) is 44.9 Å². The van der Waals surface area contributed by atoms with Crippen LogP contribution in [0.15, 0.2) is 97.1 Å². The molecule has 0 bridgehead atoms. The number of benzene rings is 4. The van der Waals surface area contributed by atoms with Gasteiger partial charge in [-0.05, 0) is 96.5 Å². The third-order valence-corrected chi connectivity index (χ3v) is 7.41. The third kappa shape index (κ3) is 11.3. The number of carboxylic acids is 1. The van der Waals surface area contributed by atoms with Crippen molar-refractivity contribution in [1.82, 2.24) is 0 Å². The Morgan fingerprint density at radius 1 is 0.449 bits per heavy atom. The van der Waals surface area contributed by atoms with Gasteiger partial charge in [-0.15, -0.1) is 0 Å². The van der Waals surface area contributed by atoms with Crippen molar-refractivity contribution in [2.45, 2.75) is 49.9 Å². The summed E-state index contributed by atoms with van der Waals surface area (Å²) in [5.41, 5.74) is 26.5. The van der Waals surface area contributed by atoms with Crippen LogP contribution >= 0.6 is 0 Å². The van der Waals surface area contributed by atoms with Gasteiger partial charge in [0, 0.05) is 0 Å². The molecule has 49 heavy (non-hydrogen) atoms. The highest BCUT2D eigenvalue weighted by atomic mass is 16.5. The topological polar surface area (TPSA) is 241 Å². The number of nitrogens with two attached hydrogens (primary N) is 4. The predicted molar refractivity (Wildman–Crippen MR) is 179 cm³/mol. The number of phenolic OH excluding ortho intramolecular Hbond substituents is 1. The number of ether oxygens (including phenoxy) is 3. The Morgan fingerprint density at radius 3 is 0.959 bits per heavy atom. The zero-order valence-electron chi connectivity index (χ0n) is 26.4. The van der Waals surface area contributed by atoms with E-state index in [1.807, 2.05) is 0 Å². The molecule has 0 fully saturated rings. The summed E-state index contributed by atoms with van der Waals surface area (Å²) in [5.74, 6) is -2.11. The average molecular weight is 671 g/mol. The molecular weight excluding hydrogens is 632 g/mol. The Morgan fingerprint density at radius 2 is 0.694 bits per heavy atom. The van der Waals surface area contributed by atoms with E-state index in [2.05, 4.69) is 0 Å². The number of hydrogen-bond donors (Lipinski definition) is 6. The van der Waals surface area contributed by atoms with Crippen molar-refractivity contribution in [2.75, 3.05) is 0 Å². The SMILES string of the molecule is N[C@@H](Cc1ccc(OC(=O)[C@@H](N)Cc2ccc(OC(=O)[C@@H](N)Cc3ccc(OC(=O)[C@@H](N)Cc4ccc(O)cc4)cc3)cc2)cc1)C(=O)O. The number of carboxylic acid groups (broad SMARTS) is 1. The zero-order valence-corrected chi connectivity index (χ0v) is 26.4. The Bertz CT molecular complexity index is 1730. The molecule has 0 saturated carbocycles. The van der Waals surface area contributed by atoms with Gasteiger partial charge in [0.15, 0.2) is 0 Å². The van der Waals surface area contributed by atoms with Crippen molar-refractivity contribution in [2.24, 2.45) is 22.9 Å². The van der Waals surface area contributed by atoms with Gasteiger partial charge in [-0.1, -0.05) is 48.5 Å². The second-order valence-corrected chi connectivity index (χ2v) is 11.4. The van der Waals surface area contributed by atoms with Crippen molar-refractivity contribution in [1.29, 1.82) is 0 Å². The number of rotatable bonds is 15. The van der Waals surface area contributed by atoms with E-state index in [1.54, 1.807) is 72.8 Å². The summed E-state index contributed by atoms with van der Waals surface area (Å²) in [6.45, 7) is 0. The lowest BCUT2D eigenvalue weighted by Crippen LogP contribution is -2.36. The lowest BCUT2D eigenvalue weighted by atomic mass is 10.1. The van der Waals surface area contributed by atoms with E-state index in [9.17, 15) is 24.3 Å². The van der Waals surface area contributed by atoms with Gasteiger partial charge in [0.25, 0.3) is 0 Å². The summed E-state index contributed by atoms with van der Waals surface area (Å²) >= 11 is 0. The van der Waals surface area contributed by atoms with Crippen LogP contribution in [0, 0.1) is 0 Å². The maximum atomic E-state index is 12.6. The summed E-state index contributed by atoms with van der Waals surface area (Å²) in [6.07, 6.45) is 0.705. The van der Waals surface area contributed by atoms with Crippen LogP contribution in [-0.4, -0.2) is 58.3 Å². The van der Waals surface area contributed by atoms with Crippen LogP contribution in [0.1, 0.15) is 22.3 Å². The van der Waals surface area contributed by atoms with E-state index in [1.165, 1.54) is 24.3 Å². The molecule has 0 amide bonds. The van der Waals surface area contributed by atoms with Crippen LogP contribution in [0.2, 0.25) is 0 Å². The van der Waals surface area contributed by atoms with Crippen molar-refractivity contribution >= 4 is 23.9 Å². The molecule has 13 nitrogen and oxygen atoms in total. The summed E-state index contributed by atoms with van der Waals surface area (Å²) in [4.78, 5) is 48.5. The van der Waals surface area contributed by atoms with Crippen molar-refractivity contribution in [3.8, 4) is 23.0 Å². The van der Waals surface area contributed by atoms with E-state index < -0.39 is 48.0 Å². The summed E-state index contributed by atoms with van der Waals surface area (Å²) in [7, 11) is 0. The summed E-state index contributed by atoms with van der Waals surface area (Å²) in [5, 5.41) is 18.3. The number of aliphatic carboxylic acids is 1. The first-order valence-electron chi connectivity index (χ1n) is 15.3. The molecule has 256 valence electrons. The predicted octanol–water partition coefficient (Wildman–Crippen LogP) is 1.77. The fourth-order valence-electron chi connectivity index (χ4n) is 4.64. The molecule has 13 heteroatoms. The third-order valence-electron chi connectivity index (χ3n) is 7.41. The zero-order chi connectivity index (χ0) is 35.5. The number of carbonyl (C=O) groups excluding carboxylic acids is 3. The van der Waals surface area contributed by atoms with Crippen molar-refractivity contribution < 1.29 is 43.6 Å². The maximum absolute atomic E-state index is 12.6. The number of phenols is 1. The van der Waals surface area contributed by atoms with E-state index in [-0.39, 0.29) is 48.7 Å². The first kappa shape index (κ1) is 36.2. The highest BCUT2D eigenvalue weighted by molar-refractivity contribution is 5.80. The van der Waals surface area contributed by atoms with E-state index >= 15 is 0 Å². The normalized spacial score (nSPS) is 13.4. The second kappa shape index (κ2) is 17.0. The molecule has 0 aromatic heterocycles. The minimum Gasteiger partial charge on any atom is -0.508 e. The summed E-state index contributed by atoms with van der Waals surface area (Å²) in [6, 6.07) is 21.8. The van der Waals surface area contributed by atoms with Gasteiger partial charge in [0.1, 0.15) is 47.2 Å². The molecule has 4 atom stereocenters. The largest absolute Gasteiger partial charge is 0.508 e. The molecule has 10 N–H and O–H groups in total. The van der Waals surface area contributed by atoms with Gasteiger partial charge < -0.3 is 47.4 Å². The quantitative estimate of drug-likeness (QED) is 0.0782. The molecule has 0 unspecified atom stereocenters. The molecule has 0 heterocycles. The van der Waals surface area contributed by atoms with Gasteiger partial charge in [0.2, 0.25) is 0 Å². The molecule has 0 radical (unpaired) electrons. The first-order chi connectivity index (χ1) is 23.4. The van der Waals surface area contributed by atoms with Gasteiger partial charge in [-0.25, -0.2) is 14.4 Å². The monoisotopic (exact) mass is 670 g/mol. The van der Waals surface area contributed by atoms with Crippen LogP contribution in [0.25, 0.3) is 0 Å². The maximum Gasteiger partial charge on any atom is 0.328 e. The fourth-order valence-corrected chi connectivity index (χ4v) is 4.64. The number of esters is 3.